The Morgan fingerprint density at radius 3 is 2.55 bits per heavy atom. The van der Waals surface area contributed by atoms with Crippen LogP contribution in [0.3, 0.4) is 0 Å². The summed E-state index contributed by atoms with van der Waals surface area (Å²) in [4.78, 5) is 11.6. The van der Waals surface area contributed by atoms with Gasteiger partial charge in [0.05, 0.1) is 0 Å². The average Bonchev–Trinajstić information content (AvgIpc) is 2.32. The van der Waals surface area contributed by atoms with E-state index in [1.165, 1.54) is 6.07 Å². The fourth-order valence-corrected chi connectivity index (χ4v) is 1.82. The number of carbonyl (C=O) groups excluding carboxylic acids is 1. The standard InChI is InChI=1S/C15H21F2NO2/c1-5-10(9-18-14(19)20-15(2,3)4)12-8-11(16)6-7-13(12)17/h6-8,10H,5,9H2,1-4H3,(H,18,19)/t10-/m1/s1. The van der Waals surface area contributed by atoms with Gasteiger partial charge in [-0.15, -0.1) is 0 Å². The fourth-order valence-electron chi connectivity index (χ4n) is 1.82. The van der Waals surface area contributed by atoms with Crippen LogP contribution >= 0.6 is 0 Å². The van der Waals surface area contributed by atoms with Gasteiger partial charge in [0.1, 0.15) is 17.2 Å². The molecule has 0 aliphatic carbocycles. The SMILES string of the molecule is CC[C@H](CNC(=O)OC(C)(C)C)c1cc(F)ccc1F. The summed E-state index contributed by atoms with van der Waals surface area (Å²) in [6.07, 6.45) is 0.0173. The lowest BCUT2D eigenvalue weighted by Crippen LogP contribution is -2.34. The highest BCUT2D eigenvalue weighted by molar-refractivity contribution is 5.67. The van der Waals surface area contributed by atoms with Crippen molar-refractivity contribution in [2.24, 2.45) is 0 Å². The monoisotopic (exact) mass is 285 g/mol. The highest BCUT2D eigenvalue weighted by atomic mass is 19.1. The summed E-state index contributed by atoms with van der Waals surface area (Å²) < 4.78 is 32.0. The van der Waals surface area contributed by atoms with Crippen LogP contribution < -0.4 is 5.32 Å². The molecule has 0 unspecified atom stereocenters. The molecule has 0 fully saturated rings. The number of alkyl carbamates (subject to hydrolysis) is 1. The zero-order chi connectivity index (χ0) is 15.3. The molecule has 0 saturated carbocycles. The van der Waals surface area contributed by atoms with Crippen molar-refractivity contribution in [2.75, 3.05) is 6.54 Å². The first-order chi connectivity index (χ1) is 9.23. The van der Waals surface area contributed by atoms with Crippen LogP contribution in [0.15, 0.2) is 18.2 Å². The number of halogens is 2. The maximum absolute atomic E-state index is 13.7. The molecule has 0 spiro atoms. The first-order valence-electron chi connectivity index (χ1n) is 6.64. The lowest BCUT2D eigenvalue weighted by atomic mass is 9.96. The average molecular weight is 285 g/mol. The lowest BCUT2D eigenvalue weighted by Gasteiger charge is -2.22. The third-order valence-electron chi connectivity index (χ3n) is 2.78. The number of hydrogen-bond donors (Lipinski definition) is 1. The molecule has 0 radical (unpaired) electrons. The minimum Gasteiger partial charge on any atom is -0.444 e. The van der Waals surface area contributed by atoms with E-state index in [1.807, 2.05) is 6.92 Å². The van der Waals surface area contributed by atoms with E-state index in [4.69, 9.17) is 4.74 Å². The van der Waals surface area contributed by atoms with Gasteiger partial charge in [-0.2, -0.15) is 0 Å². The third-order valence-corrected chi connectivity index (χ3v) is 2.78. The molecule has 1 N–H and O–H groups in total. The van der Waals surface area contributed by atoms with Crippen molar-refractivity contribution >= 4 is 6.09 Å². The Balaban J connectivity index is 2.68. The maximum atomic E-state index is 13.7. The molecule has 1 rings (SSSR count). The number of ether oxygens (including phenoxy) is 1. The summed E-state index contributed by atoms with van der Waals surface area (Å²) in [5.41, 5.74) is -0.320. The molecule has 0 heterocycles. The van der Waals surface area contributed by atoms with Gasteiger partial charge in [-0.25, -0.2) is 13.6 Å². The Labute approximate surface area is 118 Å². The van der Waals surface area contributed by atoms with E-state index in [0.29, 0.717) is 6.42 Å². The molecule has 1 aromatic rings. The molecule has 0 aliphatic rings. The van der Waals surface area contributed by atoms with E-state index in [9.17, 15) is 13.6 Å². The summed E-state index contributed by atoms with van der Waals surface area (Å²) in [7, 11) is 0. The van der Waals surface area contributed by atoms with Crippen LogP contribution in [0.4, 0.5) is 13.6 Å². The van der Waals surface area contributed by atoms with Crippen molar-refractivity contribution in [3.8, 4) is 0 Å². The van der Waals surface area contributed by atoms with Crippen molar-refractivity contribution in [2.45, 2.75) is 45.6 Å². The summed E-state index contributed by atoms with van der Waals surface area (Å²) in [5, 5.41) is 2.59. The van der Waals surface area contributed by atoms with Gasteiger partial charge in [0, 0.05) is 12.5 Å². The van der Waals surface area contributed by atoms with E-state index < -0.39 is 23.3 Å². The number of amides is 1. The van der Waals surface area contributed by atoms with Gasteiger partial charge in [-0.05, 0) is 51.0 Å². The number of benzene rings is 1. The third kappa shape index (κ3) is 5.15. The van der Waals surface area contributed by atoms with Crippen LogP contribution in [-0.4, -0.2) is 18.2 Å². The predicted molar refractivity (Wildman–Crippen MR) is 73.6 cm³/mol. The first kappa shape index (κ1) is 16.4. The molecule has 0 aromatic heterocycles. The van der Waals surface area contributed by atoms with Crippen LogP contribution in [-0.2, 0) is 4.74 Å². The fraction of sp³-hybridized carbons (Fsp3) is 0.533. The number of rotatable bonds is 4. The van der Waals surface area contributed by atoms with Crippen molar-refractivity contribution in [3.05, 3.63) is 35.4 Å². The van der Waals surface area contributed by atoms with Crippen molar-refractivity contribution < 1.29 is 18.3 Å². The molecule has 5 heteroatoms. The van der Waals surface area contributed by atoms with E-state index in [0.717, 1.165) is 12.1 Å². The van der Waals surface area contributed by atoms with Gasteiger partial charge in [0.25, 0.3) is 0 Å². The number of carbonyl (C=O) groups is 1. The molecule has 0 saturated heterocycles. The van der Waals surface area contributed by atoms with Gasteiger partial charge >= 0.3 is 6.09 Å². The molecule has 20 heavy (non-hydrogen) atoms. The molecule has 1 aromatic carbocycles. The minimum atomic E-state index is -0.587. The number of hydrogen-bond acceptors (Lipinski definition) is 2. The molecule has 112 valence electrons. The van der Waals surface area contributed by atoms with Crippen molar-refractivity contribution in [1.82, 2.24) is 5.32 Å². The zero-order valence-corrected chi connectivity index (χ0v) is 12.3. The molecule has 0 bridgehead atoms. The van der Waals surface area contributed by atoms with Gasteiger partial charge < -0.3 is 10.1 Å². The second-order valence-corrected chi connectivity index (χ2v) is 5.65. The predicted octanol–water partition coefficient (Wildman–Crippen LogP) is 3.98. The van der Waals surface area contributed by atoms with Crippen molar-refractivity contribution in [1.29, 1.82) is 0 Å². The van der Waals surface area contributed by atoms with E-state index >= 15 is 0 Å². The molecule has 0 aliphatic heterocycles. The highest BCUT2D eigenvalue weighted by Gasteiger charge is 2.19. The second kappa shape index (κ2) is 6.68. The Morgan fingerprint density at radius 1 is 1.35 bits per heavy atom. The van der Waals surface area contributed by atoms with Crippen molar-refractivity contribution in [3.63, 3.8) is 0 Å². The molecule has 3 nitrogen and oxygen atoms in total. The van der Waals surface area contributed by atoms with Gasteiger partial charge in [0.2, 0.25) is 0 Å². The lowest BCUT2D eigenvalue weighted by molar-refractivity contribution is 0.0524. The van der Waals surface area contributed by atoms with Gasteiger partial charge in [-0.1, -0.05) is 6.92 Å². The number of nitrogens with one attached hydrogen (secondary N) is 1. The Kier molecular flexibility index (Phi) is 5.48. The maximum Gasteiger partial charge on any atom is 0.407 e. The molecular formula is C15H21F2NO2. The van der Waals surface area contributed by atoms with E-state index in [1.54, 1.807) is 20.8 Å². The van der Waals surface area contributed by atoms with E-state index in [2.05, 4.69) is 5.32 Å². The second-order valence-electron chi connectivity index (χ2n) is 5.65. The summed E-state index contributed by atoms with van der Waals surface area (Å²) >= 11 is 0. The summed E-state index contributed by atoms with van der Waals surface area (Å²) in [6, 6.07) is 3.34. The molecular weight excluding hydrogens is 264 g/mol. The smallest absolute Gasteiger partial charge is 0.407 e. The molecule has 1 amide bonds. The van der Waals surface area contributed by atoms with Crippen LogP contribution in [0.25, 0.3) is 0 Å². The van der Waals surface area contributed by atoms with Gasteiger partial charge in [0.15, 0.2) is 0 Å². The van der Waals surface area contributed by atoms with Crippen LogP contribution in [0.5, 0.6) is 0 Å². The minimum absolute atomic E-state index is 0.200. The largest absolute Gasteiger partial charge is 0.444 e. The highest BCUT2D eigenvalue weighted by Crippen LogP contribution is 2.23. The molecule has 1 atom stereocenters. The van der Waals surface area contributed by atoms with E-state index in [-0.39, 0.29) is 18.0 Å². The van der Waals surface area contributed by atoms with Crippen LogP contribution in [0, 0.1) is 11.6 Å². The zero-order valence-electron chi connectivity index (χ0n) is 12.3. The topological polar surface area (TPSA) is 38.3 Å². The summed E-state index contributed by atoms with van der Waals surface area (Å²) in [6.45, 7) is 7.33. The quantitative estimate of drug-likeness (QED) is 0.908. The van der Waals surface area contributed by atoms with Crippen LogP contribution in [0.2, 0.25) is 0 Å². The Hall–Kier alpha value is -1.65. The Bertz CT molecular complexity index is 469. The summed E-state index contributed by atoms with van der Waals surface area (Å²) in [5.74, 6) is -1.25. The first-order valence-corrected chi connectivity index (χ1v) is 6.64. The van der Waals surface area contributed by atoms with Gasteiger partial charge in [-0.3, -0.25) is 0 Å². The van der Waals surface area contributed by atoms with Crippen LogP contribution in [0.1, 0.15) is 45.6 Å². The normalized spacial score (nSPS) is 12.9. The Morgan fingerprint density at radius 2 is 2.00 bits per heavy atom.